The number of halogens is 6. The van der Waals surface area contributed by atoms with Crippen molar-refractivity contribution in [3.8, 4) is 11.5 Å². The zero-order valence-corrected chi connectivity index (χ0v) is 16.2. The Kier molecular flexibility index (Phi) is 6.70. The summed E-state index contributed by atoms with van der Waals surface area (Å²) >= 11 is 0. The van der Waals surface area contributed by atoms with Gasteiger partial charge in [-0.1, -0.05) is 24.3 Å². The number of rotatable bonds is 9. The molecule has 2 aromatic carbocycles. The van der Waals surface area contributed by atoms with Gasteiger partial charge in [0.2, 0.25) is 5.41 Å². The molecule has 1 fully saturated rings. The quantitative estimate of drug-likeness (QED) is 0.344. The van der Waals surface area contributed by atoms with E-state index in [1.807, 2.05) is 0 Å². The lowest BCUT2D eigenvalue weighted by atomic mass is 9.73. The first-order chi connectivity index (χ1) is 14.6. The monoisotopic (exact) mass is 450 g/mol. The van der Waals surface area contributed by atoms with E-state index in [0.717, 1.165) is 48.5 Å². The average molecular weight is 450 g/mol. The van der Waals surface area contributed by atoms with E-state index in [9.17, 15) is 26.3 Å². The molecule has 2 aromatic rings. The standard InChI is InChI=1S/C21H20F6O4/c22-20(23,24)19(21(25,26)27,14-2-6-16(7-3-14)29-11-1-10-28)15-4-8-17(9-5-15)30-12-18-13-31-18/h2-9,18,28H,1,10-13H2/t18-/m0/s1. The highest BCUT2D eigenvalue weighted by atomic mass is 19.4. The van der Waals surface area contributed by atoms with Crippen LogP contribution >= 0.6 is 0 Å². The van der Waals surface area contributed by atoms with Crippen LogP contribution in [0.25, 0.3) is 0 Å². The number of benzene rings is 2. The molecular formula is C21H20F6O4. The van der Waals surface area contributed by atoms with Crippen LogP contribution in [-0.2, 0) is 10.2 Å². The van der Waals surface area contributed by atoms with Gasteiger partial charge < -0.3 is 19.3 Å². The van der Waals surface area contributed by atoms with Gasteiger partial charge in [-0.15, -0.1) is 0 Å². The van der Waals surface area contributed by atoms with Crippen molar-refractivity contribution in [1.29, 1.82) is 0 Å². The number of epoxide rings is 1. The summed E-state index contributed by atoms with van der Waals surface area (Å²) in [6, 6.07) is 7.31. The fourth-order valence-corrected chi connectivity index (χ4v) is 3.19. The highest BCUT2D eigenvalue weighted by Gasteiger charge is 2.72. The lowest BCUT2D eigenvalue weighted by Gasteiger charge is -2.38. The predicted molar refractivity (Wildman–Crippen MR) is 98.2 cm³/mol. The summed E-state index contributed by atoms with van der Waals surface area (Å²) in [4.78, 5) is 0. The minimum Gasteiger partial charge on any atom is -0.494 e. The zero-order chi connectivity index (χ0) is 22.7. The molecule has 31 heavy (non-hydrogen) atoms. The van der Waals surface area contributed by atoms with Gasteiger partial charge in [-0.2, -0.15) is 26.3 Å². The molecule has 1 saturated heterocycles. The normalized spacial score (nSPS) is 16.8. The molecule has 0 aromatic heterocycles. The van der Waals surface area contributed by atoms with Gasteiger partial charge in [0, 0.05) is 13.0 Å². The third-order valence-electron chi connectivity index (χ3n) is 4.83. The molecule has 1 aliphatic heterocycles. The molecule has 0 amide bonds. The summed E-state index contributed by atoms with van der Waals surface area (Å²) in [5.41, 5.74) is -6.19. The van der Waals surface area contributed by atoms with E-state index in [4.69, 9.17) is 19.3 Å². The second kappa shape index (κ2) is 8.96. The van der Waals surface area contributed by atoms with Gasteiger partial charge in [-0.25, -0.2) is 0 Å². The Morgan fingerprint density at radius 2 is 1.26 bits per heavy atom. The topological polar surface area (TPSA) is 51.2 Å². The van der Waals surface area contributed by atoms with Crippen molar-refractivity contribution in [3.63, 3.8) is 0 Å². The highest BCUT2D eigenvalue weighted by molar-refractivity contribution is 5.47. The first-order valence-corrected chi connectivity index (χ1v) is 9.42. The summed E-state index contributed by atoms with van der Waals surface area (Å²) < 4.78 is 100. The Morgan fingerprint density at radius 3 is 1.65 bits per heavy atom. The third kappa shape index (κ3) is 4.90. The van der Waals surface area contributed by atoms with E-state index < -0.39 is 28.9 Å². The Labute approximate surface area is 174 Å². The maximum absolute atomic E-state index is 14.1. The lowest BCUT2D eigenvalue weighted by Crippen LogP contribution is -2.54. The molecule has 0 bridgehead atoms. The molecule has 1 N–H and O–H groups in total. The minimum atomic E-state index is -5.67. The molecule has 170 valence electrons. The van der Waals surface area contributed by atoms with Crippen molar-refractivity contribution >= 4 is 0 Å². The Morgan fingerprint density at radius 1 is 0.806 bits per heavy atom. The summed E-state index contributed by atoms with van der Waals surface area (Å²) in [6.45, 7) is 0.591. The van der Waals surface area contributed by atoms with Gasteiger partial charge in [0.05, 0.1) is 13.2 Å². The molecule has 1 aliphatic rings. The van der Waals surface area contributed by atoms with Gasteiger partial charge in [-0.05, 0) is 35.4 Å². The van der Waals surface area contributed by atoms with Crippen LogP contribution in [0.15, 0.2) is 48.5 Å². The van der Waals surface area contributed by atoms with Crippen molar-refractivity contribution in [2.45, 2.75) is 30.3 Å². The summed E-state index contributed by atoms with van der Waals surface area (Å²) in [6.07, 6.45) is -11.2. The Hall–Kier alpha value is -2.46. The molecule has 1 heterocycles. The van der Waals surface area contributed by atoms with Gasteiger partial charge in [0.15, 0.2) is 0 Å². The maximum atomic E-state index is 14.1. The molecule has 1 atom stereocenters. The number of hydrogen-bond donors (Lipinski definition) is 1. The third-order valence-corrected chi connectivity index (χ3v) is 4.83. The second-order valence-electron chi connectivity index (χ2n) is 6.99. The van der Waals surface area contributed by atoms with Crippen LogP contribution < -0.4 is 9.47 Å². The Balaban J connectivity index is 1.99. The summed E-state index contributed by atoms with van der Waals surface area (Å²) in [7, 11) is 0. The second-order valence-corrected chi connectivity index (χ2v) is 6.99. The molecule has 0 radical (unpaired) electrons. The molecule has 10 heteroatoms. The fraction of sp³-hybridized carbons (Fsp3) is 0.429. The number of aliphatic hydroxyl groups excluding tert-OH is 1. The number of ether oxygens (including phenoxy) is 3. The largest absolute Gasteiger partial charge is 0.494 e. The van der Waals surface area contributed by atoms with E-state index >= 15 is 0 Å². The van der Waals surface area contributed by atoms with Crippen molar-refractivity contribution in [2.24, 2.45) is 0 Å². The van der Waals surface area contributed by atoms with Crippen LogP contribution in [0.3, 0.4) is 0 Å². The van der Waals surface area contributed by atoms with Crippen molar-refractivity contribution in [2.75, 3.05) is 26.4 Å². The van der Waals surface area contributed by atoms with Crippen LogP contribution in [0.1, 0.15) is 17.5 Å². The molecule has 0 saturated carbocycles. The SMILES string of the molecule is OCCCOc1ccc(C(c2ccc(OC[C@H]3CO3)cc2)(C(F)(F)F)C(F)(F)F)cc1. The van der Waals surface area contributed by atoms with Crippen LogP contribution in [-0.4, -0.2) is 50.0 Å². The van der Waals surface area contributed by atoms with Gasteiger partial charge in [0.25, 0.3) is 0 Å². The van der Waals surface area contributed by atoms with Crippen LogP contribution in [0.5, 0.6) is 11.5 Å². The van der Waals surface area contributed by atoms with Gasteiger partial charge in [0.1, 0.15) is 24.2 Å². The summed E-state index contributed by atoms with van der Waals surface area (Å²) in [5.74, 6) is 0.242. The van der Waals surface area contributed by atoms with Crippen molar-refractivity contribution < 1.29 is 45.7 Å². The van der Waals surface area contributed by atoms with Crippen LogP contribution in [0.4, 0.5) is 26.3 Å². The summed E-state index contributed by atoms with van der Waals surface area (Å²) in [5, 5.41) is 8.74. The first kappa shape index (κ1) is 23.2. The zero-order valence-electron chi connectivity index (χ0n) is 16.2. The molecule has 0 spiro atoms. The smallest absolute Gasteiger partial charge is 0.411 e. The first-order valence-electron chi connectivity index (χ1n) is 9.42. The highest BCUT2D eigenvalue weighted by Crippen LogP contribution is 2.56. The Bertz CT molecular complexity index is 828. The van der Waals surface area contributed by atoms with Gasteiger partial charge >= 0.3 is 12.4 Å². The molecule has 4 nitrogen and oxygen atoms in total. The number of hydrogen-bond acceptors (Lipinski definition) is 4. The maximum Gasteiger partial charge on any atom is 0.411 e. The predicted octanol–water partition coefficient (Wildman–Crippen LogP) is 4.64. The fourth-order valence-electron chi connectivity index (χ4n) is 3.19. The molecule has 0 unspecified atom stereocenters. The van der Waals surface area contributed by atoms with E-state index in [1.165, 1.54) is 0 Å². The molecular weight excluding hydrogens is 430 g/mol. The van der Waals surface area contributed by atoms with Gasteiger partial charge in [-0.3, -0.25) is 0 Å². The lowest BCUT2D eigenvalue weighted by molar-refractivity contribution is -0.288. The van der Waals surface area contributed by atoms with E-state index in [2.05, 4.69) is 0 Å². The number of alkyl halides is 6. The molecule has 0 aliphatic carbocycles. The number of aliphatic hydroxyl groups is 1. The van der Waals surface area contributed by atoms with E-state index in [1.54, 1.807) is 0 Å². The van der Waals surface area contributed by atoms with E-state index in [0.29, 0.717) is 6.61 Å². The van der Waals surface area contributed by atoms with Crippen molar-refractivity contribution in [1.82, 2.24) is 0 Å². The molecule has 3 rings (SSSR count). The van der Waals surface area contributed by atoms with Crippen LogP contribution in [0.2, 0.25) is 0 Å². The van der Waals surface area contributed by atoms with Crippen LogP contribution in [0, 0.1) is 0 Å². The average Bonchev–Trinajstić information content (AvgIpc) is 3.51. The van der Waals surface area contributed by atoms with Crippen molar-refractivity contribution in [3.05, 3.63) is 59.7 Å². The van der Waals surface area contributed by atoms with E-state index in [-0.39, 0.29) is 43.8 Å². The minimum absolute atomic E-state index is 0.0763.